The Morgan fingerprint density at radius 3 is 1.92 bits per heavy atom. The third-order valence-corrected chi connectivity index (χ3v) is 1.14. The first-order valence-corrected chi connectivity index (χ1v) is 3.55. The molecule has 0 aliphatic carbocycles. The Balaban J connectivity index is 4.14. The summed E-state index contributed by atoms with van der Waals surface area (Å²) in [5, 5.41) is 0. The summed E-state index contributed by atoms with van der Waals surface area (Å²) in [6.07, 6.45) is 2.80. The number of amides is 1. The van der Waals surface area contributed by atoms with Gasteiger partial charge in [0.15, 0.2) is 0 Å². The highest BCUT2D eigenvalue weighted by Crippen LogP contribution is 1.85. The topological polar surface area (TPSA) is 40.6 Å². The van der Waals surface area contributed by atoms with Crippen molar-refractivity contribution in [1.29, 1.82) is 0 Å². The fourth-order valence-electron chi connectivity index (χ4n) is 0.508. The highest BCUT2D eigenvalue weighted by atomic mass is 16.2. The largest absolute Gasteiger partial charge is 0.383 e. The molecule has 0 radical (unpaired) electrons. The minimum atomic E-state index is -0.506. The quantitative estimate of drug-likeness (QED) is 0.432. The predicted molar refractivity (Wildman–Crippen MR) is 46.5 cm³/mol. The van der Waals surface area contributed by atoms with Crippen LogP contribution in [0.3, 0.4) is 0 Å². The molecular weight excluding hydrogens is 156 g/mol. The summed E-state index contributed by atoms with van der Waals surface area (Å²) in [4.78, 5) is 24.9. The van der Waals surface area contributed by atoms with Gasteiger partial charge in [-0.2, -0.15) is 0 Å². The summed E-state index contributed by atoms with van der Waals surface area (Å²) in [7, 11) is 6.65. The number of carbonyl (C=O) groups is 2. The van der Waals surface area contributed by atoms with E-state index in [0.717, 1.165) is 0 Å². The van der Waals surface area contributed by atoms with Crippen molar-refractivity contribution in [3.8, 4) is 0 Å². The van der Waals surface area contributed by atoms with Crippen LogP contribution in [0.2, 0.25) is 0 Å². The number of likely N-dealkylation sites (N-methyl/N-ethyl adjacent to an activating group) is 1. The standard InChI is InChI=1S/C8H14N2O2/c1-9(2)6-5-7(11)8(12)10(3)4/h5-6H,1-4H3/b6-5+. The zero-order chi connectivity index (χ0) is 9.72. The van der Waals surface area contributed by atoms with Crippen molar-refractivity contribution in [2.24, 2.45) is 0 Å². The smallest absolute Gasteiger partial charge is 0.293 e. The Hall–Kier alpha value is -1.32. The average molecular weight is 170 g/mol. The van der Waals surface area contributed by atoms with Gasteiger partial charge in [0.05, 0.1) is 0 Å². The lowest BCUT2D eigenvalue weighted by atomic mass is 10.3. The highest BCUT2D eigenvalue weighted by molar-refractivity contribution is 6.40. The van der Waals surface area contributed by atoms with Gasteiger partial charge in [0.1, 0.15) is 0 Å². The number of hydrogen-bond acceptors (Lipinski definition) is 3. The maximum Gasteiger partial charge on any atom is 0.293 e. The van der Waals surface area contributed by atoms with Crippen LogP contribution in [-0.2, 0) is 9.59 Å². The first-order chi connectivity index (χ1) is 5.45. The van der Waals surface area contributed by atoms with Crippen LogP contribution in [0.5, 0.6) is 0 Å². The van der Waals surface area contributed by atoms with Gasteiger partial charge in [0.2, 0.25) is 5.78 Å². The van der Waals surface area contributed by atoms with E-state index in [9.17, 15) is 9.59 Å². The molecule has 68 valence electrons. The van der Waals surface area contributed by atoms with E-state index in [-0.39, 0.29) is 0 Å². The second kappa shape index (κ2) is 4.54. The van der Waals surface area contributed by atoms with Crippen LogP contribution in [0.15, 0.2) is 12.3 Å². The molecule has 1 amide bonds. The van der Waals surface area contributed by atoms with E-state index in [2.05, 4.69) is 0 Å². The van der Waals surface area contributed by atoms with Gasteiger partial charge in [-0.15, -0.1) is 0 Å². The molecule has 0 aromatic carbocycles. The van der Waals surface area contributed by atoms with Crippen LogP contribution in [0.4, 0.5) is 0 Å². The predicted octanol–water partition coefficient (Wildman–Crippen LogP) is -0.281. The van der Waals surface area contributed by atoms with E-state index in [1.54, 1.807) is 39.3 Å². The van der Waals surface area contributed by atoms with Crippen LogP contribution in [0.25, 0.3) is 0 Å². The van der Waals surface area contributed by atoms with Crippen LogP contribution in [0, 0.1) is 0 Å². The van der Waals surface area contributed by atoms with Crippen molar-refractivity contribution in [2.45, 2.75) is 0 Å². The molecule has 0 spiro atoms. The molecule has 4 nitrogen and oxygen atoms in total. The number of nitrogens with zero attached hydrogens (tertiary/aromatic N) is 2. The summed E-state index contributed by atoms with van der Waals surface area (Å²) in [5.74, 6) is -1.01. The Bertz CT molecular complexity index is 207. The van der Waals surface area contributed by atoms with Crippen LogP contribution >= 0.6 is 0 Å². The maximum absolute atomic E-state index is 11.0. The lowest BCUT2D eigenvalue weighted by Gasteiger charge is -2.07. The monoisotopic (exact) mass is 170 g/mol. The number of hydrogen-bond donors (Lipinski definition) is 0. The molecule has 4 heteroatoms. The summed E-state index contributed by atoms with van der Waals surface area (Å²) < 4.78 is 0. The van der Waals surface area contributed by atoms with Gasteiger partial charge >= 0.3 is 0 Å². The molecule has 0 saturated carbocycles. The average Bonchev–Trinajstić information content (AvgIpc) is 1.98. The van der Waals surface area contributed by atoms with Crippen molar-refractivity contribution >= 4 is 11.7 Å². The van der Waals surface area contributed by atoms with E-state index in [4.69, 9.17) is 0 Å². The van der Waals surface area contributed by atoms with Gasteiger partial charge in [-0.3, -0.25) is 9.59 Å². The van der Waals surface area contributed by atoms with Crippen molar-refractivity contribution in [3.63, 3.8) is 0 Å². The molecule has 0 aliphatic rings. The summed E-state index contributed by atoms with van der Waals surface area (Å²) in [6.45, 7) is 0. The van der Waals surface area contributed by atoms with Gasteiger partial charge < -0.3 is 9.80 Å². The lowest BCUT2D eigenvalue weighted by Crippen LogP contribution is -2.28. The first-order valence-electron chi connectivity index (χ1n) is 3.55. The van der Waals surface area contributed by atoms with Crippen LogP contribution in [-0.4, -0.2) is 49.7 Å². The second-order valence-electron chi connectivity index (χ2n) is 2.84. The molecule has 0 bridgehead atoms. The summed E-state index contributed by atoms with van der Waals surface area (Å²) in [5.41, 5.74) is 0. The second-order valence-corrected chi connectivity index (χ2v) is 2.84. The zero-order valence-electron chi connectivity index (χ0n) is 7.87. The van der Waals surface area contributed by atoms with E-state index in [0.29, 0.717) is 0 Å². The van der Waals surface area contributed by atoms with Crippen molar-refractivity contribution in [2.75, 3.05) is 28.2 Å². The van der Waals surface area contributed by atoms with E-state index < -0.39 is 11.7 Å². The van der Waals surface area contributed by atoms with E-state index in [1.165, 1.54) is 11.0 Å². The molecule has 0 saturated heterocycles. The molecule has 0 aromatic heterocycles. The normalized spacial score (nSPS) is 10.0. The summed E-state index contributed by atoms with van der Waals surface area (Å²) in [6, 6.07) is 0. The first kappa shape index (κ1) is 10.7. The molecule has 12 heavy (non-hydrogen) atoms. The molecule has 0 heterocycles. The third-order valence-electron chi connectivity index (χ3n) is 1.14. The van der Waals surface area contributed by atoms with Crippen molar-refractivity contribution < 1.29 is 9.59 Å². The minimum Gasteiger partial charge on any atom is -0.383 e. The molecule has 0 aliphatic heterocycles. The Morgan fingerprint density at radius 1 is 1.08 bits per heavy atom. The Morgan fingerprint density at radius 2 is 1.58 bits per heavy atom. The van der Waals surface area contributed by atoms with Gasteiger partial charge in [0.25, 0.3) is 5.91 Å². The zero-order valence-corrected chi connectivity index (χ0v) is 7.87. The summed E-state index contributed by atoms with van der Waals surface area (Å²) >= 11 is 0. The number of ketones is 1. The van der Waals surface area contributed by atoms with Gasteiger partial charge in [-0.05, 0) is 0 Å². The third kappa shape index (κ3) is 3.75. The number of rotatable bonds is 3. The molecule has 0 fully saturated rings. The molecule has 0 atom stereocenters. The van der Waals surface area contributed by atoms with Gasteiger partial charge in [-0.25, -0.2) is 0 Å². The molecule has 0 aromatic rings. The van der Waals surface area contributed by atoms with Crippen molar-refractivity contribution in [1.82, 2.24) is 9.80 Å². The van der Waals surface area contributed by atoms with Gasteiger partial charge in [-0.1, -0.05) is 0 Å². The molecule has 0 unspecified atom stereocenters. The van der Waals surface area contributed by atoms with Crippen LogP contribution < -0.4 is 0 Å². The van der Waals surface area contributed by atoms with E-state index in [1.807, 2.05) is 0 Å². The van der Waals surface area contributed by atoms with Crippen molar-refractivity contribution in [3.05, 3.63) is 12.3 Å². The fourth-order valence-corrected chi connectivity index (χ4v) is 0.508. The number of carbonyl (C=O) groups excluding carboxylic acids is 2. The Kier molecular flexibility index (Phi) is 4.04. The van der Waals surface area contributed by atoms with E-state index >= 15 is 0 Å². The SMILES string of the molecule is CN(C)/C=C/C(=O)C(=O)N(C)C. The minimum absolute atomic E-state index is 0.506. The highest BCUT2D eigenvalue weighted by Gasteiger charge is 2.11. The molecule has 0 N–H and O–H groups in total. The fraction of sp³-hybridized carbons (Fsp3) is 0.500. The maximum atomic E-state index is 11.0. The molecular formula is C8H14N2O2. The van der Waals surface area contributed by atoms with Crippen LogP contribution in [0.1, 0.15) is 0 Å². The molecule has 0 rings (SSSR count). The lowest BCUT2D eigenvalue weighted by molar-refractivity contribution is -0.140. The van der Waals surface area contributed by atoms with Gasteiger partial charge in [0, 0.05) is 40.5 Å². The Labute approximate surface area is 72.4 Å².